The molecule has 0 unspecified atom stereocenters. The molecule has 27 heavy (non-hydrogen) atoms. The zero-order valence-electron chi connectivity index (χ0n) is 15.5. The van der Waals surface area contributed by atoms with Crippen molar-refractivity contribution in [3.8, 4) is 0 Å². The third-order valence-electron chi connectivity index (χ3n) is 4.54. The monoisotopic (exact) mass is 373 g/mol. The smallest absolute Gasteiger partial charge is 0.354 e. The lowest BCUT2D eigenvalue weighted by Gasteiger charge is -2.25. The van der Waals surface area contributed by atoms with E-state index in [1.807, 2.05) is 29.2 Å². The van der Waals surface area contributed by atoms with Crippen LogP contribution in [0.3, 0.4) is 0 Å². The maximum absolute atomic E-state index is 12.0. The highest BCUT2D eigenvalue weighted by Gasteiger charge is 2.33. The zero-order chi connectivity index (χ0) is 19.2. The quantitative estimate of drug-likeness (QED) is 0.488. The van der Waals surface area contributed by atoms with Crippen LogP contribution in [-0.4, -0.2) is 62.0 Å². The Hall–Kier alpha value is -2.78. The first-order chi connectivity index (χ1) is 13.2. The molecule has 1 aromatic carbocycles. The Kier molecular flexibility index (Phi) is 6.15. The van der Waals surface area contributed by atoms with Crippen LogP contribution in [0.15, 0.2) is 30.6 Å². The second-order valence-corrected chi connectivity index (χ2v) is 6.13. The Labute approximate surface area is 157 Å². The van der Waals surface area contributed by atoms with Crippen LogP contribution in [0.25, 0.3) is 0 Å². The number of hydrogen-bond acceptors (Lipinski definition) is 8. The Bertz CT molecular complexity index is 793. The molecule has 0 saturated heterocycles. The van der Waals surface area contributed by atoms with Crippen molar-refractivity contribution in [1.29, 1.82) is 0 Å². The standard InChI is InChI=1S/C18H23N5O4/c1-26-11-9-21(10-12-27-2)17-16(23(24)25)18(20-13-19-17)22-8-7-14-5-3-4-6-15(14)22/h3-6,13H,7-12H2,1-2H3. The van der Waals surface area contributed by atoms with Gasteiger partial charge in [-0.05, 0) is 18.1 Å². The van der Waals surface area contributed by atoms with E-state index in [1.165, 1.54) is 6.33 Å². The van der Waals surface area contributed by atoms with E-state index in [4.69, 9.17) is 9.47 Å². The van der Waals surface area contributed by atoms with Gasteiger partial charge in [0.1, 0.15) is 6.33 Å². The molecule has 0 spiro atoms. The van der Waals surface area contributed by atoms with Crippen LogP contribution in [0, 0.1) is 10.1 Å². The largest absolute Gasteiger partial charge is 0.383 e. The van der Waals surface area contributed by atoms with E-state index in [1.54, 1.807) is 19.1 Å². The minimum Gasteiger partial charge on any atom is -0.383 e. The number of rotatable bonds is 9. The first-order valence-corrected chi connectivity index (χ1v) is 8.75. The first-order valence-electron chi connectivity index (χ1n) is 8.75. The highest BCUT2D eigenvalue weighted by molar-refractivity contribution is 5.78. The number of nitrogens with zero attached hydrogens (tertiary/aromatic N) is 5. The van der Waals surface area contributed by atoms with Crippen molar-refractivity contribution in [3.05, 3.63) is 46.3 Å². The molecule has 9 heteroatoms. The lowest BCUT2D eigenvalue weighted by Crippen LogP contribution is -2.32. The van der Waals surface area contributed by atoms with E-state index >= 15 is 0 Å². The van der Waals surface area contributed by atoms with Crippen molar-refractivity contribution < 1.29 is 14.4 Å². The van der Waals surface area contributed by atoms with Crippen molar-refractivity contribution >= 4 is 23.0 Å². The van der Waals surface area contributed by atoms with Crippen LogP contribution in [0.5, 0.6) is 0 Å². The summed E-state index contributed by atoms with van der Waals surface area (Å²) in [6.45, 7) is 2.42. The van der Waals surface area contributed by atoms with E-state index < -0.39 is 4.92 Å². The van der Waals surface area contributed by atoms with Gasteiger partial charge >= 0.3 is 5.69 Å². The molecule has 0 bridgehead atoms. The Morgan fingerprint density at radius 2 is 1.89 bits per heavy atom. The summed E-state index contributed by atoms with van der Waals surface area (Å²) in [4.78, 5) is 23.8. The fourth-order valence-electron chi connectivity index (χ4n) is 3.24. The van der Waals surface area contributed by atoms with Crippen molar-refractivity contribution in [1.82, 2.24) is 9.97 Å². The molecule has 0 radical (unpaired) electrons. The highest BCUT2D eigenvalue weighted by Crippen LogP contribution is 2.41. The summed E-state index contributed by atoms with van der Waals surface area (Å²) in [5.41, 5.74) is 2.01. The minimum absolute atomic E-state index is 0.0959. The van der Waals surface area contributed by atoms with Gasteiger partial charge in [-0.3, -0.25) is 10.1 Å². The van der Waals surface area contributed by atoms with Crippen LogP contribution < -0.4 is 9.80 Å². The second kappa shape index (κ2) is 8.74. The Morgan fingerprint density at radius 3 is 2.56 bits per heavy atom. The molecule has 1 aliphatic heterocycles. The average molecular weight is 373 g/mol. The molecule has 0 saturated carbocycles. The van der Waals surface area contributed by atoms with Gasteiger partial charge in [0.15, 0.2) is 0 Å². The summed E-state index contributed by atoms with van der Waals surface area (Å²) < 4.78 is 10.3. The molecule has 0 aliphatic carbocycles. The first kappa shape index (κ1) is 19.0. The zero-order valence-corrected chi connectivity index (χ0v) is 15.5. The molecule has 0 amide bonds. The molecule has 0 N–H and O–H groups in total. The second-order valence-electron chi connectivity index (χ2n) is 6.13. The van der Waals surface area contributed by atoms with Gasteiger partial charge in [0, 0.05) is 39.5 Å². The number of methoxy groups -OCH3 is 2. The number of benzene rings is 1. The summed E-state index contributed by atoms with van der Waals surface area (Å²) in [6, 6.07) is 7.89. The minimum atomic E-state index is -0.405. The molecular formula is C18H23N5O4. The number of aromatic nitrogens is 2. The number of hydrogen-bond donors (Lipinski definition) is 0. The Balaban J connectivity index is 2.03. The molecule has 0 fully saturated rings. The molecule has 1 aliphatic rings. The molecular weight excluding hydrogens is 350 g/mol. The lowest BCUT2D eigenvalue weighted by atomic mass is 10.2. The van der Waals surface area contributed by atoms with Crippen LogP contribution in [0.2, 0.25) is 0 Å². The van der Waals surface area contributed by atoms with Gasteiger partial charge in [-0.2, -0.15) is 0 Å². The molecule has 2 aromatic rings. The van der Waals surface area contributed by atoms with Gasteiger partial charge in [0.05, 0.1) is 18.1 Å². The lowest BCUT2D eigenvalue weighted by molar-refractivity contribution is -0.383. The third kappa shape index (κ3) is 3.99. The van der Waals surface area contributed by atoms with Crippen molar-refractivity contribution in [2.24, 2.45) is 0 Å². The third-order valence-corrected chi connectivity index (χ3v) is 4.54. The summed E-state index contributed by atoms with van der Waals surface area (Å²) in [5.74, 6) is 0.596. The summed E-state index contributed by atoms with van der Waals surface area (Å²) >= 11 is 0. The normalized spacial score (nSPS) is 12.9. The van der Waals surface area contributed by atoms with E-state index in [0.29, 0.717) is 38.7 Å². The number of para-hydroxylation sites is 1. The molecule has 2 heterocycles. The van der Waals surface area contributed by atoms with E-state index in [2.05, 4.69) is 9.97 Å². The van der Waals surface area contributed by atoms with E-state index in [-0.39, 0.29) is 11.5 Å². The average Bonchev–Trinajstić information content (AvgIpc) is 3.11. The maximum Gasteiger partial charge on any atom is 0.354 e. The van der Waals surface area contributed by atoms with Crippen LogP contribution in [0.1, 0.15) is 5.56 Å². The van der Waals surface area contributed by atoms with Gasteiger partial charge in [-0.1, -0.05) is 18.2 Å². The fourth-order valence-corrected chi connectivity index (χ4v) is 3.24. The molecule has 1 aromatic heterocycles. The van der Waals surface area contributed by atoms with Crippen molar-refractivity contribution in [3.63, 3.8) is 0 Å². The molecule has 9 nitrogen and oxygen atoms in total. The van der Waals surface area contributed by atoms with Crippen LogP contribution >= 0.6 is 0 Å². The van der Waals surface area contributed by atoms with Gasteiger partial charge in [0.2, 0.25) is 11.6 Å². The molecule has 0 atom stereocenters. The molecule has 3 rings (SSSR count). The predicted molar refractivity (Wildman–Crippen MR) is 102 cm³/mol. The summed E-state index contributed by atoms with van der Waals surface area (Å²) in [7, 11) is 3.19. The number of ether oxygens (including phenoxy) is 2. The topological polar surface area (TPSA) is 93.9 Å². The summed E-state index contributed by atoms with van der Waals surface area (Å²) in [6.07, 6.45) is 2.20. The SMILES string of the molecule is COCCN(CCOC)c1ncnc(N2CCc3ccccc32)c1[N+](=O)[O-]. The van der Waals surface area contributed by atoms with Crippen molar-refractivity contribution in [2.45, 2.75) is 6.42 Å². The van der Waals surface area contributed by atoms with Crippen molar-refractivity contribution in [2.75, 3.05) is 56.9 Å². The summed E-state index contributed by atoms with van der Waals surface area (Å²) in [5, 5.41) is 12.0. The van der Waals surface area contributed by atoms with Crippen LogP contribution in [0.4, 0.5) is 23.0 Å². The molecule has 144 valence electrons. The van der Waals surface area contributed by atoms with Gasteiger partial charge in [-0.25, -0.2) is 9.97 Å². The fraction of sp³-hybridized carbons (Fsp3) is 0.444. The van der Waals surface area contributed by atoms with Crippen LogP contribution in [-0.2, 0) is 15.9 Å². The Morgan fingerprint density at radius 1 is 1.19 bits per heavy atom. The van der Waals surface area contributed by atoms with E-state index in [0.717, 1.165) is 17.7 Å². The number of nitro groups is 1. The van der Waals surface area contributed by atoms with E-state index in [9.17, 15) is 10.1 Å². The maximum atomic E-state index is 12.0. The van der Waals surface area contributed by atoms with Gasteiger partial charge in [-0.15, -0.1) is 0 Å². The van der Waals surface area contributed by atoms with Gasteiger partial charge in [0.25, 0.3) is 0 Å². The predicted octanol–water partition coefficient (Wildman–Crippen LogP) is 2.18. The highest BCUT2D eigenvalue weighted by atomic mass is 16.6. The number of fused-ring (bicyclic) bond motifs is 1. The number of anilines is 3. The van der Waals surface area contributed by atoms with Gasteiger partial charge < -0.3 is 19.3 Å².